The summed E-state index contributed by atoms with van der Waals surface area (Å²) in [6.07, 6.45) is 1.85. The SMILES string of the molecule is COC(=O)[C@]1(NC(=O)OC(C)(C)C)CC[C@@H]1CC(C)C. The first-order valence-corrected chi connectivity index (χ1v) is 7.20. The summed E-state index contributed by atoms with van der Waals surface area (Å²) in [7, 11) is 1.35. The van der Waals surface area contributed by atoms with Crippen LogP contribution in [0.25, 0.3) is 0 Å². The third-order valence-electron chi connectivity index (χ3n) is 3.61. The molecule has 0 heterocycles. The lowest BCUT2D eigenvalue weighted by Gasteiger charge is -2.47. The van der Waals surface area contributed by atoms with Gasteiger partial charge in [-0.25, -0.2) is 9.59 Å². The van der Waals surface area contributed by atoms with Gasteiger partial charge in [0.2, 0.25) is 0 Å². The molecule has 1 saturated carbocycles. The van der Waals surface area contributed by atoms with Crippen LogP contribution in [-0.2, 0) is 14.3 Å². The van der Waals surface area contributed by atoms with Crippen LogP contribution < -0.4 is 5.32 Å². The molecule has 5 heteroatoms. The van der Waals surface area contributed by atoms with Crippen molar-refractivity contribution in [1.29, 1.82) is 0 Å². The van der Waals surface area contributed by atoms with Gasteiger partial charge >= 0.3 is 12.1 Å². The summed E-state index contributed by atoms with van der Waals surface area (Å²) in [4.78, 5) is 24.1. The van der Waals surface area contributed by atoms with Crippen molar-refractivity contribution in [2.75, 3.05) is 7.11 Å². The van der Waals surface area contributed by atoms with E-state index in [1.807, 2.05) is 0 Å². The van der Waals surface area contributed by atoms with Gasteiger partial charge < -0.3 is 14.8 Å². The first-order valence-electron chi connectivity index (χ1n) is 7.20. The van der Waals surface area contributed by atoms with Crippen LogP contribution in [0, 0.1) is 11.8 Å². The minimum Gasteiger partial charge on any atom is -0.467 e. The number of rotatable bonds is 4. The standard InChI is InChI=1S/C15H27NO4/c1-10(2)9-11-7-8-15(11,12(17)19-6)16-13(18)20-14(3,4)5/h10-11H,7-9H2,1-6H3,(H,16,18)/t11-,15+/m1/s1. The molecular formula is C15H27NO4. The van der Waals surface area contributed by atoms with Crippen LogP contribution in [0.4, 0.5) is 4.79 Å². The number of esters is 1. The molecule has 0 aliphatic heterocycles. The van der Waals surface area contributed by atoms with Crippen LogP contribution >= 0.6 is 0 Å². The summed E-state index contributed by atoms with van der Waals surface area (Å²) in [5, 5.41) is 2.76. The fourth-order valence-electron chi connectivity index (χ4n) is 2.68. The molecule has 0 spiro atoms. The molecule has 116 valence electrons. The molecule has 0 radical (unpaired) electrons. The van der Waals surface area contributed by atoms with Crippen molar-refractivity contribution in [3.63, 3.8) is 0 Å². The summed E-state index contributed by atoms with van der Waals surface area (Å²) in [6.45, 7) is 9.60. The van der Waals surface area contributed by atoms with Crippen LogP contribution in [0.2, 0.25) is 0 Å². The van der Waals surface area contributed by atoms with Crippen molar-refractivity contribution < 1.29 is 19.1 Å². The smallest absolute Gasteiger partial charge is 0.408 e. The summed E-state index contributed by atoms with van der Waals surface area (Å²) >= 11 is 0. The molecule has 20 heavy (non-hydrogen) atoms. The van der Waals surface area contributed by atoms with Gasteiger partial charge in [-0.2, -0.15) is 0 Å². The summed E-state index contributed by atoms with van der Waals surface area (Å²) in [5.74, 6) is 0.201. The minimum atomic E-state index is -0.915. The zero-order chi connectivity index (χ0) is 15.6. The Balaban J connectivity index is 2.81. The molecule has 0 saturated heterocycles. The van der Waals surface area contributed by atoms with E-state index < -0.39 is 17.2 Å². The fraction of sp³-hybridized carbons (Fsp3) is 0.867. The molecule has 1 rings (SSSR count). The average molecular weight is 285 g/mol. The van der Waals surface area contributed by atoms with Gasteiger partial charge in [0.1, 0.15) is 11.1 Å². The second kappa shape index (κ2) is 6.02. The summed E-state index contributed by atoms with van der Waals surface area (Å²) in [6, 6.07) is 0. The maximum atomic E-state index is 12.1. The molecule has 2 atom stereocenters. The van der Waals surface area contributed by atoms with Crippen LogP contribution in [0.5, 0.6) is 0 Å². The summed E-state index contributed by atoms with van der Waals surface area (Å²) < 4.78 is 10.2. The normalized spacial score (nSPS) is 25.9. The third-order valence-corrected chi connectivity index (χ3v) is 3.61. The van der Waals surface area contributed by atoms with E-state index in [0.29, 0.717) is 12.3 Å². The number of ether oxygens (including phenoxy) is 2. The predicted octanol–water partition coefficient (Wildman–Crippen LogP) is 2.88. The molecule has 5 nitrogen and oxygen atoms in total. The maximum absolute atomic E-state index is 12.1. The van der Waals surface area contributed by atoms with Crippen molar-refractivity contribution in [3.8, 4) is 0 Å². The van der Waals surface area contributed by atoms with Crippen LogP contribution in [0.3, 0.4) is 0 Å². The topological polar surface area (TPSA) is 64.6 Å². The first-order chi connectivity index (χ1) is 9.10. The van der Waals surface area contributed by atoms with Gasteiger partial charge in [0.15, 0.2) is 0 Å². The van der Waals surface area contributed by atoms with E-state index in [1.54, 1.807) is 20.8 Å². The van der Waals surface area contributed by atoms with Gasteiger partial charge in [-0.05, 0) is 51.9 Å². The highest BCUT2D eigenvalue weighted by molar-refractivity contribution is 5.87. The highest BCUT2D eigenvalue weighted by atomic mass is 16.6. The Morgan fingerprint density at radius 3 is 2.30 bits per heavy atom. The Labute approximate surface area is 121 Å². The lowest BCUT2D eigenvalue weighted by Crippen LogP contribution is -2.66. The van der Waals surface area contributed by atoms with E-state index in [1.165, 1.54) is 7.11 Å². The van der Waals surface area contributed by atoms with Crippen molar-refractivity contribution in [1.82, 2.24) is 5.32 Å². The minimum absolute atomic E-state index is 0.113. The highest BCUT2D eigenvalue weighted by Gasteiger charge is 2.55. The number of carbonyl (C=O) groups is 2. The maximum Gasteiger partial charge on any atom is 0.408 e. The van der Waals surface area contributed by atoms with Gasteiger partial charge in [-0.1, -0.05) is 13.8 Å². The lowest BCUT2D eigenvalue weighted by molar-refractivity contribution is -0.157. The fourth-order valence-corrected chi connectivity index (χ4v) is 2.68. The monoisotopic (exact) mass is 285 g/mol. The van der Waals surface area contributed by atoms with Crippen LogP contribution in [-0.4, -0.2) is 30.3 Å². The Morgan fingerprint density at radius 2 is 1.95 bits per heavy atom. The number of methoxy groups -OCH3 is 1. The van der Waals surface area contributed by atoms with E-state index in [0.717, 1.165) is 12.8 Å². The molecule has 0 bridgehead atoms. The van der Waals surface area contributed by atoms with Crippen molar-refractivity contribution in [2.24, 2.45) is 11.8 Å². The lowest BCUT2D eigenvalue weighted by atomic mass is 9.63. The third kappa shape index (κ3) is 3.87. The Morgan fingerprint density at radius 1 is 1.35 bits per heavy atom. The number of hydrogen-bond donors (Lipinski definition) is 1. The number of hydrogen-bond acceptors (Lipinski definition) is 4. The van der Waals surface area contributed by atoms with Gasteiger partial charge in [0.25, 0.3) is 0 Å². The zero-order valence-electron chi connectivity index (χ0n) is 13.4. The van der Waals surface area contributed by atoms with Crippen molar-refractivity contribution in [3.05, 3.63) is 0 Å². The number of carbonyl (C=O) groups excluding carboxylic acids is 2. The summed E-state index contributed by atoms with van der Waals surface area (Å²) in [5.41, 5.74) is -1.50. The van der Waals surface area contributed by atoms with Gasteiger partial charge in [0.05, 0.1) is 7.11 Å². The number of alkyl carbamates (subject to hydrolysis) is 1. The van der Waals surface area contributed by atoms with Crippen molar-refractivity contribution >= 4 is 12.1 Å². The number of nitrogens with one attached hydrogen (secondary N) is 1. The Hall–Kier alpha value is -1.26. The molecule has 1 aliphatic carbocycles. The second-order valence-electron chi connectivity index (χ2n) is 6.95. The van der Waals surface area contributed by atoms with E-state index >= 15 is 0 Å². The van der Waals surface area contributed by atoms with Gasteiger partial charge in [-0.3, -0.25) is 0 Å². The molecule has 0 aromatic carbocycles. The molecular weight excluding hydrogens is 258 g/mol. The van der Waals surface area contributed by atoms with Crippen LogP contribution in [0.1, 0.15) is 53.9 Å². The second-order valence-corrected chi connectivity index (χ2v) is 6.95. The van der Waals surface area contributed by atoms with E-state index in [9.17, 15) is 9.59 Å². The van der Waals surface area contributed by atoms with Gasteiger partial charge in [0, 0.05) is 0 Å². The Kier molecular flexibility index (Phi) is 5.05. The molecule has 1 fully saturated rings. The molecule has 0 unspecified atom stereocenters. The highest BCUT2D eigenvalue weighted by Crippen LogP contribution is 2.43. The zero-order valence-corrected chi connectivity index (χ0v) is 13.4. The molecule has 1 amide bonds. The predicted molar refractivity (Wildman–Crippen MR) is 76.3 cm³/mol. The first kappa shape index (κ1) is 16.8. The molecule has 0 aromatic heterocycles. The largest absolute Gasteiger partial charge is 0.467 e. The van der Waals surface area contributed by atoms with E-state index in [4.69, 9.17) is 9.47 Å². The van der Waals surface area contributed by atoms with Crippen molar-refractivity contribution in [2.45, 2.75) is 65.0 Å². The average Bonchev–Trinajstić information content (AvgIpc) is 2.28. The van der Waals surface area contributed by atoms with Gasteiger partial charge in [-0.15, -0.1) is 0 Å². The number of amides is 1. The molecule has 0 aromatic rings. The molecule has 1 aliphatic rings. The van der Waals surface area contributed by atoms with E-state index in [2.05, 4.69) is 19.2 Å². The Bertz CT molecular complexity index is 373. The van der Waals surface area contributed by atoms with Crippen LogP contribution in [0.15, 0.2) is 0 Å². The quantitative estimate of drug-likeness (QED) is 0.807. The molecule has 1 N–H and O–H groups in total. The van der Waals surface area contributed by atoms with E-state index in [-0.39, 0.29) is 11.9 Å².